The minimum absolute atomic E-state index is 0.113. The molecule has 6 heteroatoms. The van der Waals surface area contributed by atoms with Crippen LogP contribution in [0.4, 0.5) is 0 Å². The highest BCUT2D eigenvalue weighted by atomic mass is 16.6. The van der Waals surface area contributed by atoms with Crippen LogP contribution in [0.1, 0.15) is 233 Å². The molecule has 0 radical (unpaired) electrons. The fourth-order valence-electron chi connectivity index (χ4n) is 7.20. The lowest BCUT2D eigenvalue weighted by molar-refractivity contribution is -0.167. The molecule has 6 nitrogen and oxygen atoms in total. The Balaban J connectivity index is 4.55. The number of rotatable bonds is 48. The molecule has 0 aromatic heterocycles. The smallest absolute Gasteiger partial charge is 0.306 e. The van der Waals surface area contributed by atoms with Crippen LogP contribution in [0.15, 0.2) is 122 Å². The highest BCUT2D eigenvalue weighted by Crippen LogP contribution is 2.13. The van der Waals surface area contributed by atoms with Gasteiger partial charge in [0, 0.05) is 19.3 Å². The van der Waals surface area contributed by atoms with E-state index in [9.17, 15) is 14.4 Å². The maximum absolute atomic E-state index is 12.8. The van der Waals surface area contributed by atoms with Gasteiger partial charge >= 0.3 is 17.9 Å². The Morgan fingerprint density at radius 1 is 0.324 bits per heavy atom. The van der Waals surface area contributed by atoms with Crippen molar-refractivity contribution in [3.05, 3.63) is 122 Å². The highest BCUT2D eigenvalue weighted by molar-refractivity contribution is 5.71. The predicted octanol–water partition coefficient (Wildman–Crippen LogP) is 18.5. The Morgan fingerprint density at radius 2 is 0.632 bits per heavy atom. The Labute approximate surface area is 418 Å². The van der Waals surface area contributed by atoms with E-state index in [-0.39, 0.29) is 31.1 Å². The largest absolute Gasteiger partial charge is 0.462 e. The second kappa shape index (κ2) is 55.4. The van der Waals surface area contributed by atoms with Gasteiger partial charge in [-0.25, -0.2) is 0 Å². The van der Waals surface area contributed by atoms with Gasteiger partial charge in [-0.1, -0.05) is 239 Å². The van der Waals surface area contributed by atoms with Crippen LogP contribution in [0, 0.1) is 0 Å². The average Bonchev–Trinajstić information content (AvgIpc) is 3.34. The molecule has 0 aromatic rings. The quantitative estimate of drug-likeness (QED) is 0.0199. The van der Waals surface area contributed by atoms with Crippen molar-refractivity contribution in [2.75, 3.05) is 13.2 Å². The van der Waals surface area contributed by atoms with E-state index in [1.165, 1.54) is 96.3 Å². The summed E-state index contributed by atoms with van der Waals surface area (Å²) in [5, 5.41) is 0. The van der Waals surface area contributed by atoms with E-state index in [1.807, 2.05) is 60.8 Å². The van der Waals surface area contributed by atoms with E-state index in [4.69, 9.17) is 14.2 Å². The number of esters is 3. The van der Waals surface area contributed by atoms with Crippen molar-refractivity contribution in [1.82, 2.24) is 0 Å². The van der Waals surface area contributed by atoms with Crippen LogP contribution in [0.3, 0.4) is 0 Å². The van der Waals surface area contributed by atoms with E-state index in [2.05, 4.69) is 81.5 Å². The summed E-state index contributed by atoms with van der Waals surface area (Å²) in [6, 6.07) is 0. The Kier molecular flexibility index (Phi) is 52.0. The maximum atomic E-state index is 12.8. The van der Waals surface area contributed by atoms with E-state index < -0.39 is 6.10 Å². The summed E-state index contributed by atoms with van der Waals surface area (Å²) in [7, 11) is 0. The van der Waals surface area contributed by atoms with E-state index in [0.717, 1.165) is 96.3 Å². The summed E-state index contributed by atoms with van der Waals surface area (Å²) < 4.78 is 16.8. The molecule has 0 aliphatic heterocycles. The lowest BCUT2D eigenvalue weighted by Crippen LogP contribution is -2.30. The molecule has 0 aliphatic carbocycles. The van der Waals surface area contributed by atoms with Crippen LogP contribution >= 0.6 is 0 Å². The van der Waals surface area contributed by atoms with Crippen molar-refractivity contribution in [3.8, 4) is 0 Å². The first-order valence-electron chi connectivity index (χ1n) is 27.6. The normalized spacial score (nSPS) is 13.0. The Hall–Kier alpha value is -4.19. The van der Waals surface area contributed by atoms with Gasteiger partial charge in [-0.2, -0.15) is 0 Å². The summed E-state index contributed by atoms with van der Waals surface area (Å²) in [5.74, 6) is -0.992. The zero-order valence-corrected chi connectivity index (χ0v) is 43.8. The number of allylic oxidation sites excluding steroid dienone is 20. The molecular weight excluding hydrogens is 841 g/mol. The molecular formula is C62H100O6. The number of hydrogen-bond acceptors (Lipinski definition) is 6. The van der Waals surface area contributed by atoms with Gasteiger partial charge in [0.15, 0.2) is 6.10 Å². The summed E-state index contributed by atoms with van der Waals surface area (Å²) in [4.78, 5) is 38.1. The molecule has 0 aromatic carbocycles. The molecule has 0 heterocycles. The van der Waals surface area contributed by atoms with Crippen molar-refractivity contribution in [2.24, 2.45) is 0 Å². The first-order chi connectivity index (χ1) is 33.5. The first kappa shape index (κ1) is 63.8. The summed E-state index contributed by atoms with van der Waals surface area (Å²) in [6.45, 7) is 6.39. The SMILES string of the molecule is CC\C=C/C=C\C=C/C=C\C=C\C=C/CCCCCC(=O)OCC(COC(=O)CCCCC/C=C\C=C/CCCCCCCCC)OC(=O)CCCCCCCCC/C=C\C/C=C\CCCCC. The average molecular weight is 941 g/mol. The molecule has 0 fully saturated rings. The molecule has 0 saturated heterocycles. The van der Waals surface area contributed by atoms with Gasteiger partial charge in [0.05, 0.1) is 0 Å². The van der Waals surface area contributed by atoms with Crippen LogP contribution in [-0.4, -0.2) is 37.2 Å². The molecule has 0 bridgehead atoms. The zero-order valence-electron chi connectivity index (χ0n) is 43.8. The molecule has 0 spiro atoms. The van der Waals surface area contributed by atoms with Crippen LogP contribution in [-0.2, 0) is 28.6 Å². The maximum Gasteiger partial charge on any atom is 0.306 e. The van der Waals surface area contributed by atoms with Gasteiger partial charge in [0.25, 0.3) is 0 Å². The third-order valence-corrected chi connectivity index (χ3v) is 11.4. The molecule has 0 aliphatic rings. The lowest BCUT2D eigenvalue weighted by Gasteiger charge is -2.18. The van der Waals surface area contributed by atoms with Crippen LogP contribution in [0.25, 0.3) is 0 Å². The second-order valence-electron chi connectivity index (χ2n) is 17.9. The van der Waals surface area contributed by atoms with Crippen LogP contribution in [0.2, 0.25) is 0 Å². The van der Waals surface area contributed by atoms with Gasteiger partial charge in [0.1, 0.15) is 13.2 Å². The van der Waals surface area contributed by atoms with Crippen LogP contribution in [0.5, 0.6) is 0 Å². The number of hydrogen-bond donors (Lipinski definition) is 0. The number of carbonyl (C=O) groups excluding carboxylic acids is 3. The molecule has 0 amide bonds. The van der Waals surface area contributed by atoms with Crippen molar-refractivity contribution >= 4 is 17.9 Å². The summed E-state index contributed by atoms with van der Waals surface area (Å²) >= 11 is 0. The summed E-state index contributed by atoms with van der Waals surface area (Å²) in [5.41, 5.74) is 0. The fourth-order valence-corrected chi connectivity index (χ4v) is 7.20. The van der Waals surface area contributed by atoms with Gasteiger partial charge in [-0.05, 0) is 96.3 Å². The van der Waals surface area contributed by atoms with E-state index in [1.54, 1.807) is 0 Å². The monoisotopic (exact) mass is 941 g/mol. The van der Waals surface area contributed by atoms with Crippen molar-refractivity contribution in [3.63, 3.8) is 0 Å². The fraction of sp³-hybridized carbons (Fsp3) is 0.629. The predicted molar refractivity (Wildman–Crippen MR) is 293 cm³/mol. The van der Waals surface area contributed by atoms with Gasteiger partial charge in [-0.15, -0.1) is 0 Å². The van der Waals surface area contributed by atoms with E-state index >= 15 is 0 Å². The minimum Gasteiger partial charge on any atom is -0.462 e. The Bertz CT molecular complexity index is 1450. The molecule has 0 saturated carbocycles. The standard InChI is InChI=1S/C62H100O6/c1-4-7-10-13-16-19-22-25-28-31-34-37-40-43-46-49-52-55-61(64)67-58-59(57-66-60(63)54-51-48-45-42-39-36-33-30-27-24-21-18-15-12-9-6-3)68-62(65)56-53-50-47-44-41-38-35-32-29-26-23-20-17-14-11-8-5-2/h7,10,13,16-17,19-20,22,25-26,28-31,33-34,36-37,39-40,59H,4-6,8-9,11-12,14-15,18,21,23-24,27,32,35,38,41-58H2,1-3H3/b10-7-,16-13-,20-17-,22-19-,28-25-,29-26-,33-30-,34-31+,39-36-,40-37-. The third-order valence-electron chi connectivity index (χ3n) is 11.4. The topological polar surface area (TPSA) is 78.9 Å². The van der Waals surface area contributed by atoms with E-state index in [0.29, 0.717) is 19.3 Å². The highest BCUT2D eigenvalue weighted by Gasteiger charge is 2.19. The summed E-state index contributed by atoms with van der Waals surface area (Å²) in [6.07, 6.45) is 76.1. The van der Waals surface area contributed by atoms with Gasteiger partial charge in [-0.3, -0.25) is 14.4 Å². The van der Waals surface area contributed by atoms with Gasteiger partial charge < -0.3 is 14.2 Å². The zero-order chi connectivity index (χ0) is 49.3. The first-order valence-corrected chi connectivity index (χ1v) is 27.6. The lowest BCUT2D eigenvalue weighted by atomic mass is 10.1. The molecule has 1 atom stereocenters. The third kappa shape index (κ3) is 52.8. The van der Waals surface area contributed by atoms with Gasteiger partial charge in [0.2, 0.25) is 0 Å². The van der Waals surface area contributed by atoms with Crippen molar-refractivity contribution in [2.45, 2.75) is 239 Å². The van der Waals surface area contributed by atoms with Crippen LogP contribution < -0.4 is 0 Å². The molecule has 68 heavy (non-hydrogen) atoms. The number of carbonyl (C=O) groups is 3. The molecule has 384 valence electrons. The van der Waals surface area contributed by atoms with Crippen molar-refractivity contribution < 1.29 is 28.6 Å². The molecule has 0 rings (SSSR count). The minimum atomic E-state index is -0.816. The number of unbranched alkanes of at least 4 members (excludes halogenated alkanes) is 23. The van der Waals surface area contributed by atoms with Crippen molar-refractivity contribution in [1.29, 1.82) is 0 Å². The second-order valence-corrected chi connectivity index (χ2v) is 17.9. The molecule has 0 N–H and O–H groups in total. The molecule has 1 unspecified atom stereocenters. The number of ether oxygens (including phenoxy) is 3. The Morgan fingerprint density at radius 3 is 1.07 bits per heavy atom.